The van der Waals surface area contributed by atoms with Gasteiger partial charge in [0.25, 0.3) is 11.8 Å². The molecule has 0 radical (unpaired) electrons. The van der Waals surface area contributed by atoms with Crippen molar-refractivity contribution >= 4 is 28.3 Å². The SMILES string of the molecule is Cc1oc2cc(Oc3ccnn4cc(C(=O)N5C[C@H](O)C[C@H]5C)c(C)c34)ccc2c1C(=O)N[C@@H]1CC[C@@H]1F. The quantitative estimate of drug-likeness (QED) is 0.406. The third-order valence-corrected chi connectivity index (χ3v) is 7.73. The Morgan fingerprint density at radius 1 is 1.24 bits per heavy atom. The lowest BCUT2D eigenvalue weighted by Crippen LogP contribution is -2.48. The van der Waals surface area contributed by atoms with Gasteiger partial charge in [0.15, 0.2) is 5.75 Å². The van der Waals surface area contributed by atoms with Gasteiger partial charge in [-0.05, 0) is 57.7 Å². The van der Waals surface area contributed by atoms with Crippen molar-refractivity contribution in [1.29, 1.82) is 0 Å². The van der Waals surface area contributed by atoms with Crippen molar-refractivity contribution in [3.05, 3.63) is 59.1 Å². The summed E-state index contributed by atoms with van der Waals surface area (Å²) in [5.41, 5.74) is 2.75. The molecule has 1 saturated carbocycles. The number of halogens is 1. The second-order valence-corrected chi connectivity index (χ2v) is 10.3. The number of nitrogens with one attached hydrogen (secondary N) is 1. The summed E-state index contributed by atoms with van der Waals surface area (Å²) in [5.74, 6) is 0.938. The van der Waals surface area contributed by atoms with Crippen LogP contribution in [0.5, 0.6) is 11.5 Å². The standard InChI is InChI=1S/C28H29FN4O5/c1-14-10-17(34)12-32(14)28(36)20-13-33-26(15(20)2)23(8-9-30-33)38-18-4-5-19-24(11-18)37-16(3)25(19)27(35)31-22-7-6-21(22)29/h4-5,8-9,11,13-14,17,21-22,34H,6-7,10,12H2,1-3H3,(H,31,35)/t14-,17-,21+,22-/m1/s1. The highest BCUT2D eigenvalue weighted by Crippen LogP contribution is 2.35. The number of aliphatic hydroxyl groups excluding tert-OH is 1. The number of likely N-dealkylation sites (tertiary alicyclic amines) is 1. The topological polar surface area (TPSA) is 109 Å². The molecule has 2 fully saturated rings. The minimum absolute atomic E-state index is 0.0498. The Balaban J connectivity index is 1.29. The maximum atomic E-state index is 13.7. The zero-order chi connectivity index (χ0) is 26.7. The Morgan fingerprint density at radius 2 is 2.05 bits per heavy atom. The van der Waals surface area contributed by atoms with E-state index in [-0.39, 0.29) is 17.9 Å². The lowest BCUT2D eigenvalue weighted by Gasteiger charge is -2.30. The number of nitrogens with zero attached hydrogens (tertiary/aromatic N) is 3. The number of rotatable bonds is 5. The van der Waals surface area contributed by atoms with Crippen LogP contribution in [0.2, 0.25) is 0 Å². The number of benzene rings is 1. The summed E-state index contributed by atoms with van der Waals surface area (Å²) in [7, 11) is 0. The lowest BCUT2D eigenvalue weighted by molar-refractivity contribution is 0.0725. The van der Waals surface area contributed by atoms with Crippen LogP contribution in [-0.4, -0.2) is 62.3 Å². The van der Waals surface area contributed by atoms with Crippen LogP contribution in [0.1, 0.15) is 58.2 Å². The number of β-amino-alcohol motifs (C(OH)–C–C–N with tert-alkyl or cyclic N) is 1. The monoisotopic (exact) mass is 520 g/mol. The summed E-state index contributed by atoms with van der Waals surface area (Å²) >= 11 is 0. The first-order valence-corrected chi connectivity index (χ1v) is 12.8. The van der Waals surface area contributed by atoms with Crippen LogP contribution in [-0.2, 0) is 0 Å². The van der Waals surface area contributed by atoms with Gasteiger partial charge in [-0.15, -0.1) is 0 Å². The van der Waals surface area contributed by atoms with Crippen LogP contribution in [0.25, 0.3) is 16.5 Å². The predicted octanol–water partition coefficient (Wildman–Crippen LogP) is 4.32. The number of ether oxygens (including phenoxy) is 1. The molecule has 4 aromatic rings. The molecule has 1 aliphatic carbocycles. The Hall–Kier alpha value is -3.92. The highest BCUT2D eigenvalue weighted by Gasteiger charge is 2.34. The fourth-order valence-electron chi connectivity index (χ4n) is 5.50. The molecule has 2 amide bonds. The van der Waals surface area contributed by atoms with Crippen LogP contribution in [0.4, 0.5) is 4.39 Å². The maximum absolute atomic E-state index is 13.7. The van der Waals surface area contributed by atoms with Gasteiger partial charge in [-0.25, -0.2) is 8.91 Å². The van der Waals surface area contributed by atoms with E-state index in [1.165, 1.54) is 0 Å². The number of aromatic nitrogens is 2. The molecule has 1 saturated heterocycles. The number of fused-ring (bicyclic) bond motifs is 2. The van der Waals surface area contributed by atoms with Crippen molar-refractivity contribution in [2.45, 2.75) is 64.4 Å². The van der Waals surface area contributed by atoms with Crippen molar-refractivity contribution in [1.82, 2.24) is 19.8 Å². The smallest absolute Gasteiger partial charge is 0.256 e. The van der Waals surface area contributed by atoms with Crippen LogP contribution >= 0.6 is 0 Å². The molecule has 0 bridgehead atoms. The fraction of sp³-hybridized carbons (Fsp3) is 0.393. The third kappa shape index (κ3) is 3.99. The van der Waals surface area contributed by atoms with Crippen molar-refractivity contribution in [2.24, 2.45) is 0 Å². The first-order chi connectivity index (χ1) is 18.2. The summed E-state index contributed by atoms with van der Waals surface area (Å²) in [5, 5.41) is 17.7. The Labute approximate surface area is 218 Å². The van der Waals surface area contributed by atoms with Gasteiger partial charge in [-0.3, -0.25) is 9.59 Å². The summed E-state index contributed by atoms with van der Waals surface area (Å²) in [6.07, 6.45) is 3.41. The highest BCUT2D eigenvalue weighted by molar-refractivity contribution is 6.07. The summed E-state index contributed by atoms with van der Waals surface area (Å²) in [4.78, 5) is 27.8. The average molecular weight is 521 g/mol. The normalized spacial score (nSPS) is 23.1. The maximum Gasteiger partial charge on any atom is 0.256 e. The van der Waals surface area contributed by atoms with E-state index in [0.29, 0.717) is 70.7 Å². The van der Waals surface area contributed by atoms with Gasteiger partial charge in [-0.2, -0.15) is 5.10 Å². The van der Waals surface area contributed by atoms with E-state index in [1.807, 2.05) is 13.8 Å². The van der Waals surface area contributed by atoms with Gasteiger partial charge < -0.3 is 24.5 Å². The highest BCUT2D eigenvalue weighted by atomic mass is 19.1. The number of hydrogen-bond donors (Lipinski definition) is 2. The van der Waals surface area contributed by atoms with Crippen LogP contribution in [0, 0.1) is 13.8 Å². The van der Waals surface area contributed by atoms with E-state index >= 15 is 0 Å². The van der Waals surface area contributed by atoms with Crippen molar-refractivity contribution in [2.75, 3.05) is 6.54 Å². The third-order valence-electron chi connectivity index (χ3n) is 7.73. The first kappa shape index (κ1) is 24.4. The van der Waals surface area contributed by atoms with E-state index in [4.69, 9.17) is 9.15 Å². The second kappa shape index (κ2) is 9.13. The molecule has 4 heterocycles. The summed E-state index contributed by atoms with van der Waals surface area (Å²) in [6.45, 7) is 5.79. The van der Waals surface area contributed by atoms with Crippen molar-refractivity contribution < 1.29 is 28.2 Å². The summed E-state index contributed by atoms with van der Waals surface area (Å²) < 4.78 is 27.4. The van der Waals surface area contributed by atoms with Gasteiger partial charge in [0.05, 0.1) is 29.5 Å². The molecule has 2 aliphatic rings. The summed E-state index contributed by atoms with van der Waals surface area (Å²) in [6, 6.07) is 6.41. The molecule has 38 heavy (non-hydrogen) atoms. The second-order valence-electron chi connectivity index (χ2n) is 10.3. The molecule has 198 valence electrons. The van der Waals surface area contributed by atoms with Gasteiger partial charge in [-0.1, -0.05) is 0 Å². The Morgan fingerprint density at radius 3 is 2.74 bits per heavy atom. The molecule has 6 rings (SSSR count). The van der Waals surface area contributed by atoms with Crippen LogP contribution < -0.4 is 10.1 Å². The molecule has 10 heteroatoms. The number of carbonyl (C=O) groups is 2. The molecule has 2 N–H and O–H groups in total. The number of aliphatic hydroxyl groups is 1. The molecule has 4 atom stereocenters. The zero-order valence-corrected chi connectivity index (χ0v) is 21.4. The lowest BCUT2D eigenvalue weighted by atomic mass is 9.90. The van der Waals surface area contributed by atoms with Gasteiger partial charge in [0, 0.05) is 36.3 Å². The number of hydrogen-bond acceptors (Lipinski definition) is 6. The number of amides is 2. The molecular weight excluding hydrogens is 491 g/mol. The molecule has 0 spiro atoms. The Bertz CT molecular complexity index is 1580. The van der Waals surface area contributed by atoms with Crippen LogP contribution in [0.15, 0.2) is 41.1 Å². The number of furan rings is 1. The van der Waals surface area contributed by atoms with E-state index in [1.54, 1.807) is 53.0 Å². The molecule has 0 unspecified atom stereocenters. The van der Waals surface area contributed by atoms with Crippen molar-refractivity contribution in [3.63, 3.8) is 0 Å². The fourth-order valence-corrected chi connectivity index (χ4v) is 5.50. The molecule has 1 aromatic carbocycles. The average Bonchev–Trinajstić information content (AvgIpc) is 3.52. The van der Waals surface area contributed by atoms with Gasteiger partial charge >= 0.3 is 0 Å². The number of alkyl halides is 1. The predicted molar refractivity (Wildman–Crippen MR) is 137 cm³/mol. The van der Waals surface area contributed by atoms with E-state index in [0.717, 1.165) is 5.56 Å². The Kier molecular flexibility index (Phi) is 5.86. The molecular formula is C28H29FN4O5. The number of aryl methyl sites for hydroxylation is 2. The van der Waals surface area contributed by atoms with Crippen LogP contribution in [0.3, 0.4) is 0 Å². The zero-order valence-electron chi connectivity index (χ0n) is 21.4. The molecule has 3 aromatic heterocycles. The molecule has 1 aliphatic heterocycles. The van der Waals surface area contributed by atoms with E-state index < -0.39 is 18.3 Å². The molecule has 9 nitrogen and oxygen atoms in total. The minimum Gasteiger partial charge on any atom is -0.460 e. The minimum atomic E-state index is -1.01. The number of carbonyl (C=O) groups excluding carboxylic acids is 2. The first-order valence-electron chi connectivity index (χ1n) is 12.8. The largest absolute Gasteiger partial charge is 0.460 e. The van der Waals surface area contributed by atoms with Crippen molar-refractivity contribution in [3.8, 4) is 11.5 Å². The van der Waals surface area contributed by atoms with E-state index in [2.05, 4.69) is 10.4 Å². The van der Waals surface area contributed by atoms with Gasteiger partial charge in [0.2, 0.25) is 0 Å². The van der Waals surface area contributed by atoms with Gasteiger partial charge in [0.1, 0.15) is 28.8 Å². The van der Waals surface area contributed by atoms with E-state index in [9.17, 15) is 19.1 Å².